The Bertz CT molecular complexity index is 510. The molecule has 96 valence electrons. The highest BCUT2D eigenvalue weighted by molar-refractivity contribution is 6.23. The molecule has 0 aliphatic carbocycles. The van der Waals surface area contributed by atoms with Crippen molar-refractivity contribution in [2.75, 3.05) is 0 Å². The van der Waals surface area contributed by atoms with Crippen molar-refractivity contribution in [1.82, 2.24) is 0 Å². The Hall–Kier alpha value is -1.19. The second-order valence-electron chi connectivity index (χ2n) is 4.66. The zero-order valence-corrected chi connectivity index (χ0v) is 11.5. The number of ketones is 1. The first kappa shape index (κ1) is 13.2. The molecule has 1 aromatic carbocycles. The van der Waals surface area contributed by atoms with E-state index in [1.54, 1.807) is 13.1 Å². The Morgan fingerprint density at radius 2 is 2.06 bits per heavy atom. The standard InChI is InChI=1S/C14H16ClNO2/c1-4-12(17)10-7-5-6-8-11(10)13(2)9-16-14(3,15)18-13/h5-9H,4H2,1-3H3. The van der Waals surface area contributed by atoms with Crippen LogP contribution in [0, 0.1) is 0 Å². The molecule has 2 rings (SSSR count). The number of ether oxygens (including phenoxy) is 1. The quantitative estimate of drug-likeness (QED) is 0.477. The maximum Gasteiger partial charge on any atom is 0.234 e. The number of hydrogen-bond acceptors (Lipinski definition) is 3. The van der Waals surface area contributed by atoms with Gasteiger partial charge in [0, 0.05) is 25.1 Å². The Labute approximate surface area is 112 Å². The van der Waals surface area contributed by atoms with E-state index in [4.69, 9.17) is 16.3 Å². The number of halogens is 1. The second-order valence-corrected chi connectivity index (χ2v) is 5.36. The molecule has 18 heavy (non-hydrogen) atoms. The van der Waals surface area contributed by atoms with E-state index in [0.717, 1.165) is 5.56 Å². The van der Waals surface area contributed by atoms with Gasteiger partial charge < -0.3 is 4.74 Å². The summed E-state index contributed by atoms with van der Waals surface area (Å²) in [5.74, 6) is 0.0898. The lowest BCUT2D eigenvalue weighted by Gasteiger charge is -2.27. The van der Waals surface area contributed by atoms with Crippen LogP contribution in [0.2, 0.25) is 0 Å². The van der Waals surface area contributed by atoms with Crippen LogP contribution in [0.4, 0.5) is 0 Å². The molecule has 0 amide bonds. The van der Waals surface area contributed by atoms with Gasteiger partial charge in [-0.25, -0.2) is 4.99 Å². The molecule has 0 radical (unpaired) electrons. The Balaban J connectivity index is 2.47. The van der Waals surface area contributed by atoms with Gasteiger partial charge in [0.2, 0.25) is 5.18 Å². The first-order chi connectivity index (χ1) is 8.38. The van der Waals surface area contributed by atoms with Crippen LogP contribution in [0.5, 0.6) is 0 Å². The molecule has 0 bridgehead atoms. The molecular weight excluding hydrogens is 250 g/mol. The Kier molecular flexibility index (Phi) is 3.30. The number of nitrogens with zero attached hydrogens (tertiary/aromatic N) is 1. The van der Waals surface area contributed by atoms with E-state index < -0.39 is 10.8 Å². The molecule has 2 atom stereocenters. The fourth-order valence-electron chi connectivity index (χ4n) is 2.15. The molecule has 1 aliphatic heterocycles. The number of carbonyl (C=O) groups excluding carboxylic acids is 1. The van der Waals surface area contributed by atoms with Crippen molar-refractivity contribution < 1.29 is 9.53 Å². The van der Waals surface area contributed by atoms with Crippen molar-refractivity contribution >= 4 is 23.6 Å². The number of aliphatic imine (C=N–C) groups is 1. The number of Topliss-reactive ketones (excluding diaryl/α,β-unsaturated/α-hetero) is 1. The SMILES string of the molecule is CCC(=O)c1ccccc1C1(C)C=NC(C)(Cl)O1. The maximum atomic E-state index is 12.0. The van der Waals surface area contributed by atoms with E-state index in [1.165, 1.54) is 0 Å². The minimum atomic E-state index is -1.06. The predicted molar refractivity (Wildman–Crippen MR) is 72.3 cm³/mol. The third-order valence-electron chi connectivity index (χ3n) is 3.02. The van der Waals surface area contributed by atoms with Gasteiger partial charge in [-0.1, -0.05) is 42.8 Å². The van der Waals surface area contributed by atoms with Gasteiger partial charge in [-0.3, -0.25) is 4.79 Å². The lowest BCUT2D eigenvalue weighted by molar-refractivity contribution is -0.0317. The number of alkyl halides is 1. The van der Waals surface area contributed by atoms with Crippen molar-refractivity contribution in [3.63, 3.8) is 0 Å². The highest BCUT2D eigenvalue weighted by Crippen LogP contribution is 2.39. The fraction of sp³-hybridized carbons (Fsp3) is 0.429. The normalized spacial score (nSPS) is 30.7. The molecule has 1 aromatic rings. The van der Waals surface area contributed by atoms with Gasteiger partial charge in [0.15, 0.2) is 5.78 Å². The van der Waals surface area contributed by atoms with Crippen molar-refractivity contribution in [3.8, 4) is 0 Å². The molecular formula is C14H16ClNO2. The van der Waals surface area contributed by atoms with Gasteiger partial charge in [-0.15, -0.1) is 0 Å². The summed E-state index contributed by atoms with van der Waals surface area (Å²) in [6.45, 7) is 5.39. The van der Waals surface area contributed by atoms with Crippen LogP contribution >= 0.6 is 11.6 Å². The van der Waals surface area contributed by atoms with Crippen molar-refractivity contribution in [1.29, 1.82) is 0 Å². The molecule has 2 unspecified atom stereocenters. The summed E-state index contributed by atoms with van der Waals surface area (Å²) in [6.07, 6.45) is 2.13. The van der Waals surface area contributed by atoms with Crippen LogP contribution in [0.25, 0.3) is 0 Å². The minimum Gasteiger partial charge on any atom is -0.324 e. The van der Waals surface area contributed by atoms with Crippen molar-refractivity contribution in [2.24, 2.45) is 4.99 Å². The summed E-state index contributed by atoms with van der Waals surface area (Å²) in [6, 6.07) is 7.43. The van der Waals surface area contributed by atoms with Crippen LogP contribution in [-0.2, 0) is 10.3 Å². The summed E-state index contributed by atoms with van der Waals surface area (Å²) >= 11 is 6.06. The predicted octanol–water partition coefficient (Wildman–Crippen LogP) is 3.51. The molecule has 0 fully saturated rings. The summed E-state index contributed by atoms with van der Waals surface area (Å²) in [5, 5.41) is -1.06. The van der Waals surface area contributed by atoms with Crippen LogP contribution in [0.15, 0.2) is 29.3 Å². The van der Waals surface area contributed by atoms with Crippen LogP contribution in [0.3, 0.4) is 0 Å². The third-order valence-corrected chi connectivity index (χ3v) is 3.20. The summed E-state index contributed by atoms with van der Waals surface area (Å²) in [7, 11) is 0. The van der Waals surface area contributed by atoms with Crippen LogP contribution in [0.1, 0.15) is 43.1 Å². The second kappa shape index (κ2) is 4.48. The average Bonchev–Trinajstić information content (AvgIpc) is 2.64. The molecule has 1 aliphatic rings. The molecule has 0 N–H and O–H groups in total. The maximum absolute atomic E-state index is 12.0. The van der Waals surface area contributed by atoms with Crippen LogP contribution in [-0.4, -0.2) is 17.2 Å². The molecule has 3 nitrogen and oxygen atoms in total. The molecule has 1 heterocycles. The first-order valence-corrected chi connectivity index (χ1v) is 6.34. The summed E-state index contributed by atoms with van der Waals surface area (Å²) in [5.41, 5.74) is 0.728. The van der Waals surface area contributed by atoms with E-state index in [9.17, 15) is 4.79 Å². The number of hydrogen-bond donors (Lipinski definition) is 0. The molecule has 0 saturated heterocycles. The highest BCUT2D eigenvalue weighted by Gasteiger charge is 2.41. The van der Waals surface area contributed by atoms with Gasteiger partial charge in [0.05, 0.1) is 0 Å². The summed E-state index contributed by atoms with van der Waals surface area (Å²) in [4.78, 5) is 16.1. The average molecular weight is 266 g/mol. The fourth-order valence-corrected chi connectivity index (χ4v) is 2.36. The number of rotatable bonds is 3. The molecule has 0 aromatic heterocycles. The zero-order chi connectivity index (χ0) is 13.4. The Morgan fingerprint density at radius 3 is 2.61 bits per heavy atom. The summed E-state index contributed by atoms with van der Waals surface area (Å²) < 4.78 is 5.75. The number of benzene rings is 1. The van der Waals surface area contributed by atoms with Crippen molar-refractivity contribution in [3.05, 3.63) is 35.4 Å². The van der Waals surface area contributed by atoms with Crippen molar-refractivity contribution in [2.45, 2.75) is 38.0 Å². The molecule has 0 spiro atoms. The van der Waals surface area contributed by atoms with Gasteiger partial charge in [-0.2, -0.15) is 0 Å². The first-order valence-electron chi connectivity index (χ1n) is 5.96. The lowest BCUT2D eigenvalue weighted by Crippen LogP contribution is -2.30. The van der Waals surface area contributed by atoms with Crippen LogP contribution < -0.4 is 0 Å². The lowest BCUT2D eigenvalue weighted by atomic mass is 9.90. The van der Waals surface area contributed by atoms with Gasteiger partial charge >= 0.3 is 0 Å². The largest absolute Gasteiger partial charge is 0.324 e. The minimum absolute atomic E-state index is 0.0898. The zero-order valence-electron chi connectivity index (χ0n) is 10.7. The van der Waals surface area contributed by atoms with Gasteiger partial charge in [0.25, 0.3) is 0 Å². The van der Waals surface area contributed by atoms with Gasteiger partial charge in [-0.05, 0) is 12.5 Å². The van der Waals surface area contributed by atoms with Gasteiger partial charge in [0.1, 0.15) is 5.60 Å². The van der Waals surface area contributed by atoms with E-state index in [-0.39, 0.29) is 5.78 Å². The van der Waals surface area contributed by atoms with E-state index in [0.29, 0.717) is 12.0 Å². The number of carbonyl (C=O) groups is 1. The topological polar surface area (TPSA) is 38.7 Å². The molecule has 0 saturated carbocycles. The monoisotopic (exact) mass is 265 g/mol. The van der Waals surface area contributed by atoms with E-state index >= 15 is 0 Å². The van der Waals surface area contributed by atoms with E-state index in [2.05, 4.69) is 4.99 Å². The smallest absolute Gasteiger partial charge is 0.234 e. The molecule has 4 heteroatoms. The third kappa shape index (κ3) is 2.33. The Morgan fingerprint density at radius 1 is 1.39 bits per heavy atom. The highest BCUT2D eigenvalue weighted by atomic mass is 35.5. The van der Waals surface area contributed by atoms with E-state index in [1.807, 2.05) is 38.1 Å².